The van der Waals surface area contributed by atoms with Gasteiger partial charge in [-0.1, -0.05) is 19.8 Å². The second kappa shape index (κ2) is 11.2. The van der Waals surface area contributed by atoms with Crippen LogP contribution in [0.25, 0.3) is 0 Å². The molecule has 0 radical (unpaired) electrons. The van der Waals surface area contributed by atoms with Gasteiger partial charge in [0.05, 0.1) is 6.61 Å². The van der Waals surface area contributed by atoms with Crippen LogP contribution < -0.4 is 0 Å². The molecular weight excluding hydrogens is 198 g/mol. The molecule has 0 saturated carbocycles. The molecule has 0 spiro atoms. The van der Waals surface area contributed by atoms with Crippen LogP contribution in [-0.4, -0.2) is 24.9 Å². The number of nitrogens with zero attached hydrogens (tertiary/aromatic N) is 1. The summed E-state index contributed by atoms with van der Waals surface area (Å²) < 4.78 is 5.39. The standard InChI is InChI=1S/C10H21NO4/c1-2-3-5-8-14-9-6-4-7-10-15-11(12)13/h2-10H2,1H3. The minimum atomic E-state index is -0.749. The minimum absolute atomic E-state index is 0.197. The first kappa shape index (κ1) is 14.2. The molecule has 0 fully saturated rings. The van der Waals surface area contributed by atoms with E-state index in [1.807, 2.05) is 0 Å². The van der Waals surface area contributed by atoms with Crippen molar-refractivity contribution in [2.75, 3.05) is 19.8 Å². The Bertz CT molecular complexity index is 152. The van der Waals surface area contributed by atoms with Gasteiger partial charge in [-0.05, 0) is 25.7 Å². The first-order chi connectivity index (χ1) is 7.27. The second-order valence-electron chi connectivity index (χ2n) is 3.44. The van der Waals surface area contributed by atoms with Gasteiger partial charge in [0, 0.05) is 13.2 Å². The van der Waals surface area contributed by atoms with Gasteiger partial charge in [-0.2, -0.15) is 0 Å². The zero-order valence-corrected chi connectivity index (χ0v) is 9.44. The summed E-state index contributed by atoms with van der Waals surface area (Å²) in [5, 5.41) is 9.04. The lowest BCUT2D eigenvalue weighted by Crippen LogP contribution is -2.03. The van der Waals surface area contributed by atoms with Crippen molar-refractivity contribution in [3.8, 4) is 0 Å². The molecule has 0 aliphatic heterocycles. The summed E-state index contributed by atoms with van der Waals surface area (Å²) in [6.07, 6.45) is 6.15. The van der Waals surface area contributed by atoms with Crippen LogP contribution in [0.4, 0.5) is 0 Å². The maximum absolute atomic E-state index is 9.79. The van der Waals surface area contributed by atoms with Crippen molar-refractivity contribution in [2.45, 2.75) is 45.4 Å². The molecule has 0 saturated heterocycles. The number of hydrogen-bond donors (Lipinski definition) is 0. The fourth-order valence-electron chi connectivity index (χ4n) is 1.18. The molecule has 0 unspecified atom stereocenters. The Morgan fingerprint density at radius 3 is 2.20 bits per heavy atom. The van der Waals surface area contributed by atoms with Crippen molar-refractivity contribution in [3.05, 3.63) is 10.1 Å². The van der Waals surface area contributed by atoms with Gasteiger partial charge in [0.15, 0.2) is 0 Å². The minimum Gasteiger partial charge on any atom is -0.381 e. The maximum atomic E-state index is 9.79. The summed E-state index contributed by atoms with van der Waals surface area (Å²) in [7, 11) is 0. The first-order valence-corrected chi connectivity index (χ1v) is 5.62. The van der Waals surface area contributed by atoms with Crippen LogP contribution in [0.3, 0.4) is 0 Å². The molecule has 0 atom stereocenters. The summed E-state index contributed by atoms with van der Waals surface area (Å²) in [5.41, 5.74) is 0. The van der Waals surface area contributed by atoms with Crippen molar-refractivity contribution in [3.63, 3.8) is 0 Å². The van der Waals surface area contributed by atoms with Crippen LogP contribution in [-0.2, 0) is 9.57 Å². The van der Waals surface area contributed by atoms with Gasteiger partial charge in [0.2, 0.25) is 0 Å². The number of hydrogen-bond acceptors (Lipinski definition) is 4. The van der Waals surface area contributed by atoms with Crippen LogP contribution in [0, 0.1) is 10.1 Å². The molecule has 0 aliphatic carbocycles. The highest BCUT2D eigenvalue weighted by molar-refractivity contribution is 4.41. The molecule has 0 amide bonds. The maximum Gasteiger partial charge on any atom is 0.294 e. The van der Waals surface area contributed by atoms with Crippen molar-refractivity contribution in [2.24, 2.45) is 0 Å². The normalized spacial score (nSPS) is 10.2. The molecular formula is C10H21NO4. The highest BCUT2D eigenvalue weighted by atomic mass is 16.9. The summed E-state index contributed by atoms with van der Waals surface area (Å²) in [6, 6.07) is 0. The van der Waals surface area contributed by atoms with Crippen molar-refractivity contribution < 1.29 is 14.7 Å². The molecule has 0 N–H and O–H groups in total. The molecule has 5 heteroatoms. The Morgan fingerprint density at radius 1 is 1.00 bits per heavy atom. The Hall–Kier alpha value is -0.840. The zero-order valence-electron chi connectivity index (χ0n) is 9.44. The van der Waals surface area contributed by atoms with Crippen LogP contribution in [0.5, 0.6) is 0 Å². The Kier molecular flexibility index (Phi) is 10.6. The quantitative estimate of drug-likeness (QED) is 0.304. The highest BCUT2D eigenvalue weighted by Crippen LogP contribution is 1.99. The number of rotatable bonds is 11. The molecule has 0 aliphatic rings. The molecule has 15 heavy (non-hydrogen) atoms. The van der Waals surface area contributed by atoms with E-state index in [2.05, 4.69) is 11.8 Å². The third kappa shape index (κ3) is 13.2. The van der Waals surface area contributed by atoms with E-state index in [0.29, 0.717) is 0 Å². The molecule has 0 aromatic carbocycles. The van der Waals surface area contributed by atoms with Crippen molar-refractivity contribution in [1.82, 2.24) is 0 Å². The predicted octanol–water partition coefficient (Wildman–Crippen LogP) is 2.57. The van der Waals surface area contributed by atoms with E-state index in [4.69, 9.17) is 4.74 Å². The smallest absolute Gasteiger partial charge is 0.294 e. The summed E-state index contributed by atoms with van der Waals surface area (Å²) >= 11 is 0. The topological polar surface area (TPSA) is 61.6 Å². The molecule has 0 aromatic rings. The van der Waals surface area contributed by atoms with Crippen LogP contribution in [0.15, 0.2) is 0 Å². The molecule has 5 nitrogen and oxygen atoms in total. The monoisotopic (exact) mass is 219 g/mol. The molecule has 0 bridgehead atoms. The van der Waals surface area contributed by atoms with Gasteiger partial charge in [-0.25, -0.2) is 0 Å². The molecule has 0 aromatic heterocycles. The van der Waals surface area contributed by atoms with Crippen LogP contribution in [0.2, 0.25) is 0 Å². The molecule has 0 rings (SSSR count). The first-order valence-electron chi connectivity index (χ1n) is 5.62. The second-order valence-corrected chi connectivity index (χ2v) is 3.44. The summed E-state index contributed by atoms with van der Waals surface area (Å²) in [4.78, 5) is 14.0. The summed E-state index contributed by atoms with van der Waals surface area (Å²) in [6.45, 7) is 3.94. The Labute approximate surface area is 90.9 Å². The molecule has 90 valence electrons. The van der Waals surface area contributed by atoms with E-state index in [9.17, 15) is 10.1 Å². The predicted molar refractivity (Wildman–Crippen MR) is 57.1 cm³/mol. The SMILES string of the molecule is CCCCCOCCCCCO[N+](=O)[O-]. The average Bonchev–Trinajstić information content (AvgIpc) is 2.20. The van der Waals surface area contributed by atoms with E-state index < -0.39 is 5.09 Å². The van der Waals surface area contributed by atoms with Crippen molar-refractivity contribution >= 4 is 0 Å². The number of unbranched alkanes of at least 4 members (excludes halogenated alkanes) is 4. The molecule has 0 heterocycles. The lowest BCUT2D eigenvalue weighted by atomic mass is 10.2. The fourth-order valence-corrected chi connectivity index (χ4v) is 1.18. The van der Waals surface area contributed by atoms with E-state index in [1.165, 1.54) is 12.8 Å². The highest BCUT2D eigenvalue weighted by Gasteiger charge is 1.94. The van der Waals surface area contributed by atoms with E-state index in [0.717, 1.165) is 38.9 Å². The third-order valence-corrected chi connectivity index (χ3v) is 2.02. The summed E-state index contributed by atoms with van der Waals surface area (Å²) in [5.74, 6) is 0. The van der Waals surface area contributed by atoms with E-state index >= 15 is 0 Å². The van der Waals surface area contributed by atoms with E-state index in [-0.39, 0.29) is 6.61 Å². The Morgan fingerprint density at radius 2 is 1.60 bits per heavy atom. The number of ether oxygens (including phenoxy) is 1. The lowest BCUT2D eigenvalue weighted by molar-refractivity contribution is -0.757. The van der Waals surface area contributed by atoms with E-state index in [1.54, 1.807) is 0 Å². The third-order valence-electron chi connectivity index (χ3n) is 2.02. The van der Waals surface area contributed by atoms with Gasteiger partial charge in [-0.3, -0.25) is 0 Å². The Balaban J connectivity index is 2.89. The fraction of sp³-hybridized carbons (Fsp3) is 1.00. The van der Waals surface area contributed by atoms with Crippen LogP contribution >= 0.6 is 0 Å². The average molecular weight is 219 g/mol. The van der Waals surface area contributed by atoms with Gasteiger partial charge >= 0.3 is 0 Å². The van der Waals surface area contributed by atoms with Crippen molar-refractivity contribution in [1.29, 1.82) is 0 Å². The largest absolute Gasteiger partial charge is 0.381 e. The van der Waals surface area contributed by atoms with Gasteiger partial charge < -0.3 is 9.57 Å². The zero-order chi connectivity index (χ0) is 11.4. The van der Waals surface area contributed by atoms with Gasteiger partial charge in [-0.15, -0.1) is 10.1 Å². The lowest BCUT2D eigenvalue weighted by Gasteiger charge is -2.03. The van der Waals surface area contributed by atoms with Crippen LogP contribution in [0.1, 0.15) is 45.4 Å². The van der Waals surface area contributed by atoms with Gasteiger partial charge in [0.25, 0.3) is 5.09 Å². The van der Waals surface area contributed by atoms with Gasteiger partial charge in [0.1, 0.15) is 0 Å².